The minimum absolute atomic E-state index is 0.676. The molecule has 176 valence electrons. The third-order valence-corrected chi connectivity index (χ3v) is 7.62. The minimum Gasteiger partial charge on any atom is -0.260 e. The van der Waals surface area contributed by atoms with Gasteiger partial charge in [-0.15, -0.1) is 0 Å². The van der Waals surface area contributed by atoms with Crippen LogP contribution in [0, 0.1) is 5.92 Å². The molecule has 0 aliphatic heterocycles. The number of hydrogen-bond donors (Lipinski definition) is 0. The number of nitrogens with zero attached hydrogens (tertiary/aromatic N) is 1. The van der Waals surface area contributed by atoms with Crippen LogP contribution in [-0.2, 0) is 6.42 Å². The molecule has 0 amide bonds. The molecular formula is C31H47N. The predicted molar refractivity (Wildman–Crippen MR) is 140 cm³/mol. The van der Waals surface area contributed by atoms with E-state index in [1.807, 2.05) is 0 Å². The fourth-order valence-electron chi connectivity index (χ4n) is 5.40. The maximum absolute atomic E-state index is 4.90. The van der Waals surface area contributed by atoms with Gasteiger partial charge in [0.05, 0.1) is 0 Å². The highest BCUT2D eigenvalue weighted by molar-refractivity contribution is 5.62. The molecule has 3 rings (SSSR count). The summed E-state index contributed by atoms with van der Waals surface area (Å²) in [5.41, 5.74) is 5.34. The third kappa shape index (κ3) is 8.38. The van der Waals surface area contributed by atoms with Crippen LogP contribution in [-0.4, -0.2) is 4.98 Å². The Hall–Kier alpha value is -1.63. The molecule has 0 radical (unpaired) electrons. The molecule has 2 aromatic rings. The molecule has 1 nitrogen and oxygen atoms in total. The van der Waals surface area contributed by atoms with E-state index in [0.717, 1.165) is 5.92 Å². The van der Waals surface area contributed by atoms with Gasteiger partial charge in [0.15, 0.2) is 0 Å². The van der Waals surface area contributed by atoms with Crippen molar-refractivity contribution in [2.75, 3.05) is 0 Å². The highest BCUT2D eigenvalue weighted by atomic mass is 14.7. The van der Waals surface area contributed by atoms with Crippen LogP contribution in [0.1, 0.15) is 127 Å². The van der Waals surface area contributed by atoms with Crippen molar-refractivity contribution in [3.8, 4) is 11.1 Å². The van der Waals surface area contributed by atoms with E-state index < -0.39 is 0 Å². The molecule has 0 saturated heterocycles. The normalized spacial score (nSPS) is 18.7. The monoisotopic (exact) mass is 433 g/mol. The van der Waals surface area contributed by atoms with Crippen molar-refractivity contribution in [3.05, 3.63) is 53.9 Å². The van der Waals surface area contributed by atoms with E-state index in [9.17, 15) is 0 Å². The summed E-state index contributed by atoms with van der Waals surface area (Å²) in [6.07, 6.45) is 24.1. The van der Waals surface area contributed by atoms with Crippen molar-refractivity contribution in [2.45, 2.75) is 122 Å². The van der Waals surface area contributed by atoms with Crippen LogP contribution >= 0.6 is 0 Å². The van der Waals surface area contributed by atoms with Crippen LogP contribution < -0.4 is 0 Å². The molecule has 1 saturated carbocycles. The second kappa shape index (κ2) is 14.5. The molecule has 0 N–H and O–H groups in total. The number of benzene rings is 1. The Balaban J connectivity index is 1.41. The van der Waals surface area contributed by atoms with Crippen LogP contribution in [0.25, 0.3) is 11.1 Å². The summed E-state index contributed by atoms with van der Waals surface area (Å²) < 4.78 is 0. The fraction of sp³-hybridized carbons (Fsp3) is 0.645. The summed E-state index contributed by atoms with van der Waals surface area (Å²) in [5, 5.41) is 0. The first-order chi connectivity index (χ1) is 15.8. The molecule has 0 bridgehead atoms. The number of pyridine rings is 1. The maximum Gasteiger partial charge on any atom is 0.0434 e. The van der Waals surface area contributed by atoms with E-state index in [-0.39, 0.29) is 0 Å². The van der Waals surface area contributed by atoms with E-state index >= 15 is 0 Å². The Morgan fingerprint density at radius 2 is 1.28 bits per heavy atom. The zero-order chi connectivity index (χ0) is 22.4. The van der Waals surface area contributed by atoms with Crippen molar-refractivity contribution in [3.63, 3.8) is 0 Å². The van der Waals surface area contributed by atoms with Crippen molar-refractivity contribution in [2.24, 2.45) is 5.92 Å². The van der Waals surface area contributed by atoms with Gasteiger partial charge in [-0.1, -0.05) is 108 Å². The maximum atomic E-state index is 4.90. The topological polar surface area (TPSA) is 12.9 Å². The molecule has 1 aliphatic carbocycles. The summed E-state index contributed by atoms with van der Waals surface area (Å²) >= 11 is 0. The first kappa shape index (κ1) is 25.0. The van der Waals surface area contributed by atoms with Crippen LogP contribution in [0.2, 0.25) is 0 Å². The van der Waals surface area contributed by atoms with Gasteiger partial charge >= 0.3 is 0 Å². The van der Waals surface area contributed by atoms with E-state index in [1.165, 1.54) is 125 Å². The summed E-state index contributed by atoms with van der Waals surface area (Å²) in [6.45, 7) is 4.58. The lowest BCUT2D eigenvalue weighted by atomic mass is 9.78. The van der Waals surface area contributed by atoms with E-state index in [4.69, 9.17) is 4.98 Å². The SMILES string of the molecule is CCCCCCCc1ccc(-c2ccc([C@H]3CC[C@H](CCCCCCC)CC3)nc2)cc1. The van der Waals surface area contributed by atoms with Gasteiger partial charge in [-0.05, 0) is 61.6 Å². The second-order valence-corrected chi connectivity index (χ2v) is 10.3. The summed E-state index contributed by atoms with van der Waals surface area (Å²) in [7, 11) is 0. The van der Waals surface area contributed by atoms with Gasteiger partial charge in [0.1, 0.15) is 0 Å². The van der Waals surface area contributed by atoms with Crippen molar-refractivity contribution >= 4 is 0 Å². The molecule has 1 fully saturated rings. The largest absolute Gasteiger partial charge is 0.260 e. The summed E-state index contributed by atoms with van der Waals surface area (Å²) in [4.78, 5) is 4.90. The lowest BCUT2D eigenvalue weighted by Crippen LogP contribution is -2.14. The first-order valence-electron chi connectivity index (χ1n) is 13.9. The van der Waals surface area contributed by atoms with Gasteiger partial charge in [0, 0.05) is 23.4 Å². The molecular weight excluding hydrogens is 386 g/mol. The van der Waals surface area contributed by atoms with E-state index in [0.29, 0.717) is 5.92 Å². The number of unbranched alkanes of at least 4 members (excludes halogenated alkanes) is 8. The molecule has 1 heteroatoms. The van der Waals surface area contributed by atoms with Gasteiger partial charge in [-0.2, -0.15) is 0 Å². The lowest BCUT2D eigenvalue weighted by molar-refractivity contribution is 0.299. The van der Waals surface area contributed by atoms with Gasteiger partial charge in [-0.3, -0.25) is 4.98 Å². The predicted octanol–water partition coefficient (Wildman–Crippen LogP) is 9.90. The molecule has 32 heavy (non-hydrogen) atoms. The molecule has 1 aromatic heterocycles. The minimum atomic E-state index is 0.676. The zero-order valence-electron chi connectivity index (χ0n) is 21.0. The van der Waals surface area contributed by atoms with Crippen LogP contribution in [0.5, 0.6) is 0 Å². The third-order valence-electron chi connectivity index (χ3n) is 7.62. The average molecular weight is 434 g/mol. The summed E-state index contributed by atoms with van der Waals surface area (Å²) in [5.74, 6) is 1.65. The zero-order valence-corrected chi connectivity index (χ0v) is 21.0. The van der Waals surface area contributed by atoms with Crippen molar-refractivity contribution < 1.29 is 0 Å². The average Bonchev–Trinajstić information content (AvgIpc) is 2.85. The molecule has 1 aliphatic rings. The fourth-order valence-corrected chi connectivity index (χ4v) is 5.40. The Morgan fingerprint density at radius 3 is 1.91 bits per heavy atom. The number of aromatic nitrogens is 1. The smallest absolute Gasteiger partial charge is 0.0434 e. The van der Waals surface area contributed by atoms with Gasteiger partial charge in [0.2, 0.25) is 0 Å². The molecule has 1 aromatic carbocycles. The van der Waals surface area contributed by atoms with Gasteiger partial charge in [0.25, 0.3) is 0 Å². The Kier molecular flexibility index (Phi) is 11.3. The number of hydrogen-bond acceptors (Lipinski definition) is 1. The van der Waals surface area contributed by atoms with Crippen LogP contribution in [0.4, 0.5) is 0 Å². The van der Waals surface area contributed by atoms with Gasteiger partial charge in [-0.25, -0.2) is 0 Å². The Morgan fingerprint density at radius 1 is 0.656 bits per heavy atom. The van der Waals surface area contributed by atoms with Crippen molar-refractivity contribution in [1.82, 2.24) is 4.98 Å². The van der Waals surface area contributed by atoms with E-state index in [1.54, 1.807) is 0 Å². The molecule has 1 heterocycles. The van der Waals surface area contributed by atoms with E-state index in [2.05, 4.69) is 56.4 Å². The summed E-state index contributed by atoms with van der Waals surface area (Å²) in [6, 6.07) is 13.8. The van der Waals surface area contributed by atoms with Crippen LogP contribution in [0.3, 0.4) is 0 Å². The quantitative estimate of drug-likeness (QED) is 0.270. The molecule has 0 atom stereocenters. The highest BCUT2D eigenvalue weighted by Gasteiger charge is 2.22. The molecule has 0 unspecified atom stereocenters. The second-order valence-electron chi connectivity index (χ2n) is 10.3. The number of aryl methyl sites for hydroxylation is 1. The first-order valence-corrected chi connectivity index (χ1v) is 13.9. The Bertz CT molecular complexity index is 722. The van der Waals surface area contributed by atoms with Gasteiger partial charge < -0.3 is 0 Å². The standard InChI is InChI=1S/C31H47N/c1-3-5-7-9-11-13-26-15-19-28(20-16-26)30-23-24-31(32-25-30)29-21-17-27(18-22-29)14-12-10-8-6-4-2/h15-16,19-20,23-25,27,29H,3-14,17-18,21-22H2,1-2H3/t27-,29-. The highest BCUT2D eigenvalue weighted by Crippen LogP contribution is 2.37. The number of rotatable bonds is 14. The lowest BCUT2D eigenvalue weighted by Gasteiger charge is -2.28. The Labute approximate surface area is 198 Å². The van der Waals surface area contributed by atoms with Crippen LogP contribution in [0.15, 0.2) is 42.6 Å². The molecule has 0 spiro atoms. The van der Waals surface area contributed by atoms with Crippen molar-refractivity contribution in [1.29, 1.82) is 0 Å².